The predicted octanol–water partition coefficient (Wildman–Crippen LogP) is 1.32. The summed E-state index contributed by atoms with van der Waals surface area (Å²) in [5.41, 5.74) is 0. The fraction of sp³-hybridized carbons (Fsp3) is 0.526. The number of piperidine rings is 1. The monoisotopic (exact) mass is 375 g/mol. The third kappa shape index (κ3) is 4.20. The van der Waals surface area contributed by atoms with Crippen LogP contribution in [0.4, 0.5) is 0 Å². The van der Waals surface area contributed by atoms with Crippen LogP contribution in [0.25, 0.3) is 0 Å². The molecule has 2 atom stereocenters. The Morgan fingerprint density at radius 2 is 1.88 bits per heavy atom. The summed E-state index contributed by atoms with van der Waals surface area (Å²) in [4.78, 5) is 43.6. The van der Waals surface area contributed by atoms with Crippen LogP contribution in [0.1, 0.15) is 12.8 Å². The molecule has 26 heavy (non-hydrogen) atoms. The Balaban J connectivity index is 1.64. The van der Waals surface area contributed by atoms with E-state index in [0.29, 0.717) is 18.8 Å². The van der Waals surface area contributed by atoms with Crippen molar-refractivity contribution in [1.82, 2.24) is 14.7 Å². The third-order valence-corrected chi connectivity index (χ3v) is 6.05. The van der Waals surface area contributed by atoms with Gasteiger partial charge in [0.1, 0.15) is 6.54 Å². The summed E-state index contributed by atoms with van der Waals surface area (Å²) in [6, 6.07) is 9.78. The van der Waals surface area contributed by atoms with Crippen LogP contribution >= 0.6 is 11.8 Å². The molecule has 3 fully saturated rings. The maximum atomic E-state index is 12.7. The summed E-state index contributed by atoms with van der Waals surface area (Å²) in [6.45, 7) is 1.10. The Labute approximate surface area is 158 Å². The van der Waals surface area contributed by atoms with Gasteiger partial charge < -0.3 is 14.7 Å². The van der Waals surface area contributed by atoms with E-state index in [1.165, 1.54) is 16.7 Å². The molecule has 2 bridgehead atoms. The van der Waals surface area contributed by atoms with E-state index >= 15 is 0 Å². The molecular weight excluding hydrogens is 350 g/mol. The van der Waals surface area contributed by atoms with Crippen molar-refractivity contribution in [2.24, 2.45) is 5.92 Å². The lowest BCUT2D eigenvalue weighted by Crippen LogP contribution is -2.51. The highest BCUT2D eigenvalue weighted by Gasteiger charge is 2.42. The van der Waals surface area contributed by atoms with Crippen molar-refractivity contribution in [1.29, 1.82) is 0 Å². The lowest BCUT2D eigenvalue weighted by atomic mass is 9.94. The van der Waals surface area contributed by atoms with Gasteiger partial charge in [-0.1, -0.05) is 18.2 Å². The van der Waals surface area contributed by atoms with E-state index in [2.05, 4.69) is 0 Å². The topological polar surface area (TPSA) is 60.9 Å². The van der Waals surface area contributed by atoms with E-state index in [9.17, 15) is 14.4 Å². The molecular formula is C19H25N3O3S. The zero-order valence-corrected chi connectivity index (χ0v) is 16.1. The van der Waals surface area contributed by atoms with Crippen molar-refractivity contribution in [3.05, 3.63) is 30.3 Å². The summed E-state index contributed by atoms with van der Waals surface area (Å²) in [5, 5.41) is 0. The lowest BCUT2D eigenvalue weighted by molar-refractivity contribution is -0.145. The minimum absolute atomic E-state index is 0.0162. The van der Waals surface area contributed by atoms with Crippen LogP contribution in [0, 0.1) is 5.92 Å². The van der Waals surface area contributed by atoms with Crippen molar-refractivity contribution in [3.8, 4) is 0 Å². The van der Waals surface area contributed by atoms with Gasteiger partial charge in [-0.15, -0.1) is 11.8 Å². The molecule has 7 heteroatoms. The van der Waals surface area contributed by atoms with E-state index < -0.39 is 0 Å². The second-order valence-corrected chi connectivity index (χ2v) is 8.13. The van der Waals surface area contributed by atoms with E-state index in [4.69, 9.17) is 0 Å². The molecule has 1 aromatic carbocycles. The first-order chi connectivity index (χ1) is 12.5. The molecule has 0 spiro atoms. The van der Waals surface area contributed by atoms with Crippen LogP contribution in [-0.4, -0.2) is 77.9 Å². The molecule has 3 aliphatic heterocycles. The molecule has 0 unspecified atom stereocenters. The number of amides is 3. The normalized spacial score (nSPS) is 22.3. The van der Waals surface area contributed by atoms with Gasteiger partial charge >= 0.3 is 0 Å². The Bertz CT molecular complexity index is 680. The number of rotatable bonds is 5. The van der Waals surface area contributed by atoms with Crippen LogP contribution in [0.3, 0.4) is 0 Å². The van der Waals surface area contributed by atoms with E-state index in [1.54, 1.807) is 19.0 Å². The average Bonchev–Trinajstić information content (AvgIpc) is 2.93. The van der Waals surface area contributed by atoms with Gasteiger partial charge in [0.05, 0.1) is 11.7 Å². The molecule has 0 radical (unpaired) electrons. The van der Waals surface area contributed by atoms with E-state index in [-0.39, 0.29) is 36.2 Å². The van der Waals surface area contributed by atoms with Gasteiger partial charge in [0.15, 0.2) is 0 Å². The molecule has 3 heterocycles. The van der Waals surface area contributed by atoms with Gasteiger partial charge in [0.2, 0.25) is 17.7 Å². The molecule has 1 aromatic rings. The predicted molar refractivity (Wildman–Crippen MR) is 101 cm³/mol. The fourth-order valence-electron chi connectivity index (χ4n) is 3.49. The minimum Gasteiger partial charge on any atom is -0.347 e. The summed E-state index contributed by atoms with van der Waals surface area (Å²) >= 11 is 1.52. The average molecular weight is 375 g/mol. The highest BCUT2D eigenvalue weighted by Crippen LogP contribution is 2.30. The molecule has 0 aromatic heterocycles. The van der Waals surface area contributed by atoms with Crippen molar-refractivity contribution < 1.29 is 14.4 Å². The molecule has 0 N–H and O–H groups in total. The number of thioether (sulfide) groups is 1. The Morgan fingerprint density at radius 1 is 1.15 bits per heavy atom. The number of hydrogen-bond acceptors (Lipinski definition) is 4. The first kappa shape index (κ1) is 18.8. The fourth-order valence-corrected chi connectivity index (χ4v) is 4.31. The molecule has 3 saturated heterocycles. The van der Waals surface area contributed by atoms with Crippen LogP contribution in [0.5, 0.6) is 0 Å². The minimum atomic E-state index is -0.186. The van der Waals surface area contributed by atoms with Crippen LogP contribution in [0.15, 0.2) is 35.2 Å². The number of fused-ring (bicyclic) bond motifs is 4. The SMILES string of the molecule is CN(C)C(=O)CN1C(=O)[C@H]2CC[C@@H]1CN(C(=O)CSc1ccccc1)C2. The van der Waals surface area contributed by atoms with Gasteiger partial charge in [-0.25, -0.2) is 0 Å². The van der Waals surface area contributed by atoms with Crippen LogP contribution in [0.2, 0.25) is 0 Å². The highest BCUT2D eigenvalue weighted by atomic mass is 32.2. The van der Waals surface area contributed by atoms with E-state index in [0.717, 1.165) is 17.7 Å². The number of nitrogens with zero attached hydrogens (tertiary/aromatic N) is 3. The van der Waals surface area contributed by atoms with Gasteiger partial charge in [0.25, 0.3) is 0 Å². The molecule has 140 valence electrons. The maximum Gasteiger partial charge on any atom is 0.241 e. The molecule has 4 rings (SSSR count). The van der Waals surface area contributed by atoms with E-state index in [1.807, 2.05) is 35.2 Å². The van der Waals surface area contributed by atoms with Gasteiger partial charge in [-0.05, 0) is 25.0 Å². The third-order valence-electron chi connectivity index (χ3n) is 5.06. The highest BCUT2D eigenvalue weighted by molar-refractivity contribution is 8.00. The Kier molecular flexibility index (Phi) is 5.86. The van der Waals surface area contributed by atoms with Crippen LogP contribution in [-0.2, 0) is 14.4 Å². The number of benzene rings is 1. The quantitative estimate of drug-likeness (QED) is 0.728. The first-order valence-electron chi connectivity index (χ1n) is 8.92. The Hall–Kier alpha value is -2.02. The van der Waals surface area contributed by atoms with Crippen LogP contribution < -0.4 is 0 Å². The van der Waals surface area contributed by atoms with Crippen molar-refractivity contribution in [2.75, 3.05) is 39.5 Å². The number of likely N-dealkylation sites (N-methyl/N-ethyl adjacent to an activating group) is 1. The molecule has 0 aliphatic carbocycles. The van der Waals surface area contributed by atoms with Crippen molar-refractivity contribution in [2.45, 2.75) is 23.8 Å². The molecule has 6 nitrogen and oxygen atoms in total. The van der Waals surface area contributed by atoms with Gasteiger partial charge in [-0.2, -0.15) is 0 Å². The molecule has 3 amide bonds. The van der Waals surface area contributed by atoms with Gasteiger partial charge in [0, 0.05) is 38.1 Å². The first-order valence-corrected chi connectivity index (χ1v) is 9.90. The summed E-state index contributed by atoms with van der Waals surface area (Å²) < 4.78 is 0. The second-order valence-electron chi connectivity index (χ2n) is 7.08. The zero-order chi connectivity index (χ0) is 18.7. The Morgan fingerprint density at radius 3 is 2.58 bits per heavy atom. The maximum absolute atomic E-state index is 12.7. The van der Waals surface area contributed by atoms with Gasteiger partial charge in [-0.3, -0.25) is 14.4 Å². The number of carbonyl (C=O) groups is 3. The standard InChI is InChI=1S/C19H25N3O3S/c1-20(2)17(23)12-22-15-9-8-14(19(22)25)10-21(11-15)18(24)13-26-16-6-4-3-5-7-16/h3-7,14-15H,8-13H2,1-2H3/t14-,15+/m0/s1. The number of hydrogen-bond donors (Lipinski definition) is 0. The summed E-state index contributed by atoms with van der Waals surface area (Å²) in [5.74, 6) is 0.179. The molecule has 0 saturated carbocycles. The summed E-state index contributed by atoms with van der Waals surface area (Å²) in [6.07, 6.45) is 1.65. The second kappa shape index (κ2) is 8.12. The smallest absolute Gasteiger partial charge is 0.241 e. The lowest BCUT2D eigenvalue weighted by Gasteiger charge is -2.35. The largest absolute Gasteiger partial charge is 0.347 e. The van der Waals surface area contributed by atoms with Crippen molar-refractivity contribution in [3.63, 3.8) is 0 Å². The zero-order valence-electron chi connectivity index (χ0n) is 15.3. The van der Waals surface area contributed by atoms with Crippen molar-refractivity contribution >= 4 is 29.5 Å². The number of carbonyl (C=O) groups excluding carboxylic acids is 3. The summed E-state index contributed by atoms with van der Waals surface area (Å²) in [7, 11) is 3.39. The molecule has 3 aliphatic rings.